The number of aliphatic hydroxyl groups is 1. The molecule has 0 aliphatic heterocycles. The first-order valence-corrected chi connectivity index (χ1v) is 13.2. The van der Waals surface area contributed by atoms with Crippen molar-refractivity contribution in [1.82, 2.24) is 0 Å². The molecule has 0 radical (unpaired) electrons. The van der Waals surface area contributed by atoms with Crippen LogP contribution in [0.2, 0.25) is 0 Å². The molecule has 0 aromatic heterocycles. The summed E-state index contributed by atoms with van der Waals surface area (Å²) in [6, 6.07) is 0. The molecule has 2 N–H and O–H groups in total. The Balaban J connectivity index is 1.58. The summed E-state index contributed by atoms with van der Waals surface area (Å²) in [5.74, 6) is 1.47. The minimum Gasteiger partial charge on any atom is -0.481 e. The van der Waals surface area contributed by atoms with Crippen molar-refractivity contribution < 1.29 is 15.0 Å². The van der Waals surface area contributed by atoms with Crippen molar-refractivity contribution in [3.05, 3.63) is 23.8 Å². The van der Waals surface area contributed by atoms with E-state index in [2.05, 4.69) is 47.3 Å². The molecule has 5 rings (SSSR count). The molecule has 178 valence electrons. The van der Waals surface area contributed by atoms with Gasteiger partial charge in [-0.15, -0.1) is 0 Å². The largest absolute Gasteiger partial charge is 0.481 e. The quantitative estimate of drug-likeness (QED) is 0.451. The van der Waals surface area contributed by atoms with Crippen LogP contribution >= 0.6 is 0 Å². The molecule has 4 saturated carbocycles. The lowest BCUT2D eigenvalue weighted by atomic mass is 9.37. The van der Waals surface area contributed by atoms with E-state index in [0.717, 1.165) is 44.9 Å². The van der Waals surface area contributed by atoms with Gasteiger partial charge < -0.3 is 10.2 Å². The van der Waals surface area contributed by atoms with Crippen LogP contribution in [0.1, 0.15) is 92.4 Å². The predicted molar refractivity (Wildman–Crippen MR) is 128 cm³/mol. The number of carbonyl (C=O) groups is 1. The van der Waals surface area contributed by atoms with Crippen LogP contribution in [0.15, 0.2) is 23.8 Å². The first kappa shape index (κ1) is 22.7. The normalized spacial score (nSPS) is 52.1. The molecule has 32 heavy (non-hydrogen) atoms. The van der Waals surface area contributed by atoms with Gasteiger partial charge in [0, 0.05) is 5.92 Å². The minimum absolute atomic E-state index is 0.108. The Kier molecular flexibility index (Phi) is 4.94. The van der Waals surface area contributed by atoms with Crippen molar-refractivity contribution in [2.45, 2.75) is 98.5 Å². The van der Waals surface area contributed by atoms with E-state index in [4.69, 9.17) is 0 Å². The summed E-state index contributed by atoms with van der Waals surface area (Å²) in [6.07, 6.45) is 11.1. The number of rotatable bonds is 1. The topological polar surface area (TPSA) is 57.5 Å². The van der Waals surface area contributed by atoms with E-state index in [1.807, 2.05) is 0 Å². The fourth-order valence-electron chi connectivity index (χ4n) is 10.5. The third-order valence-electron chi connectivity index (χ3n) is 11.8. The summed E-state index contributed by atoms with van der Waals surface area (Å²) in [5, 5.41) is 21.3. The molecule has 0 spiro atoms. The highest BCUT2D eigenvalue weighted by Gasteiger charge is 2.65. The van der Waals surface area contributed by atoms with Crippen molar-refractivity contribution in [2.75, 3.05) is 0 Å². The second-order valence-electron chi connectivity index (χ2n) is 13.6. The lowest BCUT2D eigenvalue weighted by molar-refractivity contribution is -0.181. The standard InChI is InChI=1S/C29H44O3/c1-17-9-13-29(25(31)32)14-10-21-20(24(29)18(17)2)7-8-23-27(21,5)12-11-22-26(3,4)15-19(30)16-28(22,23)6/h7,18-19,21-24,30H,1,8-16H2,2-6H3,(H,31,32)/t18-,19?,21?,22?,23?,24?,27-,28-,29-/m0/s1. The van der Waals surface area contributed by atoms with E-state index in [1.165, 1.54) is 24.0 Å². The van der Waals surface area contributed by atoms with E-state index < -0.39 is 11.4 Å². The molecule has 0 aromatic carbocycles. The zero-order valence-corrected chi connectivity index (χ0v) is 20.9. The molecule has 5 unspecified atom stereocenters. The molecule has 4 fully saturated rings. The summed E-state index contributed by atoms with van der Waals surface area (Å²) in [6.45, 7) is 16.4. The van der Waals surface area contributed by atoms with Crippen LogP contribution in [-0.2, 0) is 4.79 Å². The number of fused-ring (bicyclic) bond motifs is 7. The van der Waals surface area contributed by atoms with E-state index in [9.17, 15) is 15.0 Å². The number of carboxylic acid groups (broad SMARTS) is 1. The van der Waals surface area contributed by atoms with Crippen LogP contribution in [0.5, 0.6) is 0 Å². The smallest absolute Gasteiger partial charge is 0.310 e. The maximum Gasteiger partial charge on any atom is 0.310 e. The molecule has 0 bridgehead atoms. The van der Waals surface area contributed by atoms with Gasteiger partial charge in [0.05, 0.1) is 11.5 Å². The molecular formula is C29H44O3. The molecule has 3 heteroatoms. The fraction of sp³-hybridized carbons (Fsp3) is 0.828. The molecule has 0 amide bonds. The number of carboxylic acids is 1. The van der Waals surface area contributed by atoms with Gasteiger partial charge in [-0.1, -0.05) is 58.4 Å². The van der Waals surface area contributed by atoms with Crippen LogP contribution in [0.25, 0.3) is 0 Å². The van der Waals surface area contributed by atoms with Gasteiger partial charge in [-0.05, 0) is 97.7 Å². The van der Waals surface area contributed by atoms with Crippen molar-refractivity contribution in [1.29, 1.82) is 0 Å². The Morgan fingerprint density at radius 1 is 1.03 bits per heavy atom. The molecule has 0 saturated heterocycles. The Morgan fingerprint density at radius 2 is 1.75 bits per heavy atom. The average Bonchev–Trinajstić information content (AvgIpc) is 2.68. The van der Waals surface area contributed by atoms with Gasteiger partial charge in [0.2, 0.25) is 0 Å². The maximum atomic E-state index is 12.7. The number of hydrogen-bond acceptors (Lipinski definition) is 2. The van der Waals surface area contributed by atoms with E-state index in [0.29, 0.717) is 17.8 Å². The van der Waals surface area contributed by atoms with Crippen LogP contribution in [-0.4, -0.2) is 22.3 Å². The second kappa shape index (κ2) is 6.96. The third-order valence-corrected chi connectivity index (χ3v) is 11.8. The van der Waals surface area contributed by atoms with E-state index in [-0.39, 0.29) is 34.2 Å². The molecule has 3 nitrogen and oxygen atoms in total. The van der Waals surface area contributed by atoms with Gasteiger partial charge in [-0.3, -0.25) is 4.79 Å². The van der Waals surface area contributed by atoms with Crippen LogP contribution in [0.3, 0.4) is 0 Å². The highest BCUT2D eigenvalue weighted by Crippen LogP contribution is 2.72. The summed E-state index contributed by atoms with van der Waals surface area (Å²) in [4.78, 5) is 12.7. The van der Waals surface area contributed by atoms with Crippen molar-refractivity contribution in [3.63, 3.8) is 0 Å². The van der Waals surface area contributed by atoms with Crippen LogP contribution in [0.4, 0.5) is 0 Å². The fourth-order valence-corrected chi connectivity index (χ4v) is 10.5. The highest BCUT2D eigenvalue weighted by atomic mass is 16.4. The summed E-state index contributed by atoms with van der Waals surface area (Å²) in [7, 11) is 0. The molecule has 5 aliphatic rings. The molecule has 0 aromatic rings. The Bertz CT molecular complexity index is 870. The molecule has 5 aliphatic carbocycles. The Labute approximate surface area is 194 Å². The Morgan fingerprint density at radius 3 is 2.44 bits per heavy atom. The van der Waals surface area contributed by atoms with Gasteiger partial charge in [-0.25, -0.2) is 0 Å². The molecule has 9 atom stereocenters. The SMILES string of the molecule is C=C1CC[C@]2(C(=O)O)CCC3C(=CCC4[C@@]3(C)CCC3C(C)(C)CC(O)C[C@@]34C)C2[C@H]1C. The van der Waals surface area contributed by atoms with Gasteiger partial charge in [0.1, 0.15) is 0 Å². The van der Waals surface area contributed by atoms with Crippen LogP contribution in [0, 0.1) is 51.2 Å². The van der Waals surface area contributed by atoms with Crippen LogP contribution < -0.4 is 0 Å². The van der Waals surface area contributed by atoms with Crippen molar-refractivity contribution in [2.24, 2.45) is 51.2 Å². The molecular weight excluding hydrogens is 396 g/mol. The van der Waals surface area contributed by atoms with Gasteiger partial charge >= 0.3 is 5.97 Å². The number of hydrogen-bond donors (Lipinski definition) is 2. The predicted octanol–water partition coefficient (Wildman–Crippen LogP) is 6.62. The summed E-state index contributed by atoms with van der Waals surface area (Å²) < 4.78 is 0. The number of aliphatic carboxylic acids is 1. The summed E-state index contributed by atoms with van der Waals surface area (Å²) >= 11 is 0. The lowest BCUT2D eigenvalue weighted by Gasteiger charge is -2.68. The first-order chi connectivity index (χ1) is 14.9. The van der Waals surface area contributed by atoms with Gasteiger partial charge in [-0.2, -0.15) is 0 Å². The number of allylic oxidation sites excluding steroid dienone is 3. The maximum absolute atomic E-state index is 12.7. The van der Waals surface area contributed by atoms with Gasteiger partial charge in [0.15, 0.2) is 0 Å². The lowest BCUT2D eigenvalue weighted by Crippen LogP contribution is -2.61. The Hall–Kier alpha value is -1.09. The first-order valence-electron chi connectivity index (χ1n) is 13.2. The highest BCUT2D eigenvalue weighted by molar-refractivity contribution is 5.77. The average molecular weight is 441 g/mol. The number of aliphatic hydroxyl groups excluding tert-OH is 1. The van der Waals surface area contributed by atoms with E-state index in [1.54, 1.807) is 0 Å². The zero-order valence-electron chi connectivity index (χ0n) is 20.9. The van der Waals surface area contributed by atoms with Crippen molar-refractivity contribution >= 4 is 5.97 Å². The minimum atomic E-state index is -0.601. The molecule has 0 heterocycles. The summed E-state index contributed by atoms with van der Waals surface area (Å²) in [5.41, 5.74) is 2.64. The van der Waals surface area contributed by atoms with Gasteiger partial charge in [0.25, 0.3) is 0 Å². The van der Waals surface area contributed by atoms with E-state index >= 15 is 0 Å². The zero-order chi connectivity index (χ0) is 23.3. The van der Waals surface area contributed by atoms with Crippen molar-refractivity contribution in [3.8, 4) is 0 Å². The monoisotopic (exact) mass is 440 g/mol. The second-order valence-corrected chi connectivity index (χ2v) is 13.6. The third kappa shape index (κ3) is 2.79.